The molecule has 0 aromatic carbocycles. The lowest BCUT2D eigenvalue weighted by molar-refractivity contribution is -0.0103. The van der Waals surface area contributed by atoms with Crippen molar-refractivity contribution in [3.63, 3.8) is 0 Å². The van der Waals surface area contributed by atoms with Crippen molar-refractivity contribution in [3.8, 4) is 0 Å². The molecule has 1 aliphatic heterocycles. The minimum absolute atomic E-state index is 0.0623. The molecular formula is C11H15NO4. The minimum Gasteiger partial charge on any atom is -0.463 e. The van der Waals surface area contributed by atoms with Crippen LogP contribution < -0.4 is 5.32 Å². The van der Waals surface area contributed by atoms with Gasteiger partial charge in [0.1, 0.15) is 5.76 Å². The number of hydrogen-bond acceptors (Lipinski definition) is 5. The van der Waals surface area contributed by atoms with Crippen LogP contribution in [0.5, 0.6) is 0 Å². The van der Waals surface area contributed by atoms with Gasteiger partial charge in [0.15, 0.2) is 0 Å². The number of methoxy groups -OCH3 is 1. The minimum atomic E-state index is -0.453. The Morgan fingerprint density at radius 2 is 2.31 bits per heavy atom. The van der Waals surface area contributed by atoms with Gasteiger partial charge in [-0.1, -0.05) is 0 Å². The summed E-state index contributed by atoms with van der Waals surface area (Å²) in [5.41, 5.74) is 0. The molecule has 0 aliphatic carbocycles. The lowest BCUT2D eigenvalue weighted by atomic mass is 10.2. The van der Waals surface area contributed by atoms with Crippen molar-refractivity contribution in [3.05, 3.63) is 23.7 Å². The third kappa shape index (κ3) is 2.25. The van der Waals surface area contributed by atoms with Crippen LogP contribution in [0.1, 0.15) is 29.3 Å². The fraction of sp³-hybridized carbons (Fsp3) is 0.545. The SMILES string of the molecule is COC(=O)c1ccc(C(C)NC2COC2)o1. The maximum absolute atomic E-state index is 11.2. The molecule has 0 spiro atoms. The van der Waals surface area contributed by atoms with E-state index < -0.39 is 5.97 Å². The Balaban J connectivity index is 1.97. The maximum atomic E-state index is 11.2. The topological polar surface area (TPSA) is 60.7 Å². The number of carbonyl (C=O) groups is 1. The molecule has 1 fully saturated rings. The highest BCUT2D eigenvalue weighted by Gasteiger charge is 2.22. The van der Waals surface area contributed by atoms with E-state index in [-0.39, 0.29) is 11.8 Å². The number of hydrogen-bond donors (Lipinski definition) is 1. The van der Waals surface area contributed by atoms with Crippen LogP contribution in [0.15, 0.2) is 16.5 Å². The molecule has 0 radical (unpaired) electrons. The standard InChI is InChI=1S/C11H15NO4/c1-7(12-8-5-15-6-8)9-3-4-10(16-9)11(13)14-2/h3-4,7-8,12H,5-6H2,1-2H3. The summed E-state index contributed by atoms with van der Waals surface area (Å²) in [6.07, 6.45) is 0. The predicted octanol–water partition coefficient (Wildman–Crippen LogP) is 1.12. The zero-order valence-corrected chi connectivity index (χ0v) is 9.36. The van der Waals surface area contributed by atoms with Crippen LogP contribution in [-0.4, -0.2) is 32.3 Å². The third-order valence-electron chi connectivity index (χ3n) is 2.56. The van der Waals surface area contributed by atoms with Crippen LogP contribution in [0, 0.1) is 0 Å². The molecule has 1 unspecified atom stereocenters. The monoisotopic (exact) mass is 225 g/mol. The van der Waals surface area contributed by atoms with E-state index in [1.54, 1.807) is 12.1 Å². The van der Waals surface area contributed by atoms with Crippen LogP contribution in [0.2, 0.25) is 0 Å². The summed E-state index contributed by atoms with van der Waals surface area (Å²) in [6, 6.07) is 3.84. The van der Waals surface area contributed by atoms with Gasteiger partial charge in [-0.05, 0) is 19.1 Å². The second kappa shape index (κ2) is 4.67. The van der Waals surface area contributed by atoms with Crippen molar-refractivity contribution in [1.29, 1.82) is 0 Å². The molecule has 1 aromatic rings. The average molecular weight is 225 g/mol. The second-order valence-electron chi connectivity index (χ2n) is 3.82. The van der Waals surface area contributed by atoms with E-state index in [2.05, 4.69) is 10.1 Å². The molecule has 88 valence electrons. The van der Waals surface area contributed by atoms with Crippen molar-refractivity contribution in [2.75, 3.05) is 20.3 Å². The molecule has 0 saturated carbocycles. The highest BCUT2D eigenvalue weighted by Crippen LogP contribution is 2.18. The number of esters is 1. The summed E-state index contributed by atoms with van der Waals surface area (Å²) >= 11 is 0. The van der Waals surface area contributed by atoms with Crippen molar-refractivity contribution < 1.29 is 18.7 Å². The molecule has 1 saturated heterocycles. The van der Waals surface area contributed by atoms with E-state index >= 15 is 0 Å². The predicted molar refractivity (Wildman–Crippen MR) is 56.2 cm³/mol. The van der Waals surface area contributed by atoms with E-state index in [1.807, 2.05) is 6.92 Å². The highest BCUT2D eigenvalue weighted by molar-refractivity contribution is 5.86. The number of furan rings is 1. The highest BCUT2D eigenvalue weighted by atomic mass is 16.5. The van der Waals surface area contributed by atoms with Gasteiger partial charge in [0.25, 0.3) is 0 Å². The average Bonchev–Trinajstić information content (AvgIpc) is 2.71. The van der Waals surface area contributed by atoms with Gasteiger partial charge < -0.3 is 19.2 Å². The van der Waals surface area contributed by atoms with Gasteiger partial charge in [0, 0.05) is 0 Å². The molecule has 0 bridgehead atoms. The first-order valence-corrected chi connectivity index (χ1v) is 5.22. The van der Waals surface area contributed by atoms with Crippen LogP contribution in [-0.2, 0) is 9.47 Å². The molecule has 5 nitrogen and oxygen atoms in total. The van der Waals surface area contributed by atoms with Crippen LogP contribution in [0.3, 0.4) is 0 Å². The van der Waals surface area contributed by atoms with Crippen molar-refractivity contribution in [1.82, 2.24) is 5.32 Å². The van der Waals surface area contributed by atoms with E-state index in [1.165, 1.54) is 7.11 Å². The lowest BCUT2D eigenvalue weighted by Crippen LogP contribution is -2.46. The van der Waals surface area contributed by atoms with Gasteiger partial charge in [-0.15, -0.1) is 0 Å². The van der Waals surface area contributed by atoms with E-state index in [0.717, 1.165) is 19.0 Å². The first-order valence-electron chi connectivity index (χ1n) is 5.22. The number of rotatable bonds is 4. The van der Waals surface area contributed by atoms with E-state index in [9.17, 15) is 4.79 Å². The largest absolute Gasteiger partial charge is 0.463 e. The molecule has 5 heteroatoms. The Bertz CT molecular complexity index is 370. The first-order chi connectivity index (χ1) is 7.70. The Labute approximate surface area is 93.7 Å². The quantitative estimate of drug-likeness (QED) is 0.778. The van der Waals surface area contributed by atoms with Crippen molar-refractivity contribution in [2.24, 2.45) is 0 Å². The summed E-state index contributed by atoms with van der Waals surface area (Å²) in [4.78, 5) is 11.2. The van der Waals surface area contributed by atoms with Crippen LogP contribution >= 0.6 is 0 Å². The summed E-state index contributed by atoms with van der Waals surface area (Å²) in [5, 5.41) is 3.33. The summed E-state index contributed by atoms with van der Waals surface area (Å²) in [5.74, 6) is 0.508. The van der Waals surface area contributed by atoms with Crippen LogP contribution in [0.4, 0.5) is 0 Å². The zero-order valence-electron chi connectivity index (χ0n) is 9.36. The molecule has 1 aliphatic rings. The Hall–Kier alpha value is -1.33. The van der Waals surface area contributed by atoms with Gasteiger partial charge in [-0.25, -0.2) is 4.79 Å². The molecule has 1 atom stereocenters. The number of nitrogens with one attached hydrogen (secondary N) is 1. The lowest BCUT2D eigenvalue weighted by Gasteiger charge is -2.29. The summed E-state index contributed by atoms with van der Waals surface area (Å²) in [6.45, 7) is 3.45. The molecule has 2 heterocycles. The summed E-state index contributed by atoms with van der Waals surface area (Å²) in [7, 11) is 1.33. The van der Waals surface area contributed by atoms with E-state index in [4.69, 9.17) is 9.15 Å². The van der Waals surface area contributed by atoms with Crippen molar-refractivity contribution >= 4 is 5.97 Å². The van der Waals surface area contributed by atoms with Gasteiger partial charge in [-0.2, -0.15) is 0 Å². The Morgan fingerprint density at radius 1 is 1.56 bits per heavy atom. The van der Waals surface area contributed by atoms with E-state index in [0.29, 0.717) is 6.04 Å². The Kier molecular flexibility index (Phi) is 3.26. The molecule has 1 N–H and O–H groups in total. The summed E-state index contributed by atoms with van der Waals surface area (Å²) < 4.78 is 15.0. The fourth-order valence-corrected chi connectivity index (χ4v) is 1.56. The third-order valence-corrected chi connectivity index (χ3v) is 2.56. The second-order valence-corrected chi connectivity index (χ2v) is 3.82. The molecular weight excluding hydrogens is 210 g/mol. The van der Waals surface area contributed by atoms with Crippen LogP contribution in [0.25, 0.3) is 0 Å². The smallest absolute Gasteiger partial charge is 0.373 e. The maximum Gasteiger partial charge on any atom is 0.373 e. The van der Waals surface area contributed by atoms with Gasteiger partial charge >= 0.3 is 5.97 Å². The molecule has 16 heavy (non-hydrogen) atoms. The molecule has 2 rings (SSSR count). The van der Waals surface area contributed by atoms with Gasteiger partial charge in [0.05, 0.1) is 32.4 Å². The zero-order chi connectivity index (χ0) is 11.5. The molecule has 0 amide bonds. The van der Waals surface area contributed by atoms with Gasteiger partial charge in [-0.3, -0.25) is 0 Å². The molecule has 1 aromatic heterocycles. The van der Waals surface area contributed by atoms with Crippen molar-refractivity contribution in [2.45, 2.75) is 19.0 Å². The number of carbonyl (C=O) groups excluding carboxylic acids is 1. The first kappa shape index (κ1) is 11.2. The normalized spacial score (nSPS) is 17.9. The fourth-order valence-electron chi connectivity index (χ4n) is 1.56. The van der Waals surface area contributed by atoms with Gasteiger partial charge in [0.2, 0.25) is 5.76 Å². The number of ether oxygens (including phenoxy) is 2. The Morgan fingerprint density at radius 3 is 2.88 bits per heavy atom.